The van der Waals surface area contributed by atoms with Gasteiger partial charge in [-0.25, -0.2) is 0 Å². The Balaban J connectivity index is 2.10. The average Bonchev–Trinajstić information content (AvgIpc) is 2.55. The summed E-state index contributed by atoms with van der Waals surface area (Å²) in [5.41, 5.74) is 2.42. The van der Waals surface area contributed by atoms with Crippen LogP contribution in [0.3, 0.4) is 0 Å². The Morgan fingerprint density at radius 3 is 2.12 bits per heavy atom. The van der Waals surface area contributed by atoms with Crippen molar-refractivity contribution >= 4 is 46.4 Å². The van der Waals surface area contributed by atoms with Gasteiger partial charge in [-0.15, -0.1) is 0 Å². The maximum Gasteiger partial charge on any atom is 0.244 e. The third-order valence-electron chi connectivity index (χ3n) is 3.93. The summed E-state index contributed by atoms with van der Waals surface area (Å²) in [6.07, 6.45) is 0. The zero-order valence-corrected chi connectivity index (χ0v) is 16.8. The zero-order valence-electron chi connectivity index (χ0n) is 15.3. The van der Waals surface area contributed by atoms with Gasteiger partial charge in [0.05, 0.1) is 10.0 Å². The van der Waals surface area contributed by atoms with Crippen LogP contribution in [0.4, 0.5) is 11.4 Å². The highest BCUT2D eigenvalue weighted by atomic mass is 35.5. The molecule has 138 valence electrons. The van der Waals surface area contributed by atoms with Gasteiger partial charge in [-0.2, -0.15) is 0 Å². The highest BCUT2D eigenvalue weighted by Gasteiger charge is 2.18. The average molecular weight is 393 g/mol. The fraction of sp³-hybridized carbons (Fsp3) is 0.300. The van der Waals surface area contributed by atoms with Gasteiger partial charge >= 0.3 is 0 Å². The minimum Gasteiger partial charge on any atom is -0.325 e. The lowest BCUT2D eigenvalue weighted by atomic mass is 9.87. The molecule has 0 fully saturated rings. The van der Waals surface area contributed by atoms with Gasteiger partial charge < -0.3 is 10.2 Å². The molecule has 2 aromatic rings. The molecule has 2 rings (SSSR count). The van der Waals surface area contributed by atoms with Crippen LogP contribution >= 0.6 is 23.2 Å². The molecule has 0 unspecified atom stereocenters. The zero-order chi connectivity index (χ0) is 19.5. The van der Waals surface area contributed by atoms with Crippen molar-refractivity contribution in [1.29, 1.82) is 0 Å². The Morgan fingerprint density at radius 1 is 1.00 bits per heavy atom. The molecule has 0 aromatic heterocycles. The molecular weight excluding hydrogens is 371 g/mol. The Bertz CT molecular complexity index is 812. The van der Waals surface area contributed by atoms with E-state index in [1.54, 1.807) is 18.2 Å². The minimum absolute atomic E-state index is 0.0435. The molecule has 0 saturated carbocycles. The number of nitrogens with one attached hydrogen (secondary N) is 1. The van der Waals surface area contributed by atoms with Crippen LogP contribution in [0.1, 0.15) is 33.3 Å². The Morgan fingerprint density at radius 2 is 1.62 bits per heavy atom. The molecule has 0 bridgehead atoms. The van der Waals surface area contributed by atoms with E-state index < -0.39 is 0 Å². The second-order valence-electron chi connectivity index (χ2n) is 7.08. The summed E-state index contributed by atoms with van der Waals surface area (Å²) in [5, 5.41) is 3.53. The van der Waals surface area contributed by atoms with Crippen LogP contribution in [-0.2, 0) is 15.0 Å². The quantitative estimate of drug-likeness (QED) is 0.768. The normalized spacial score (nSPS) is 11.2. The van der Waals surface area contributed by atoms with Crippen LogP contribution in [0.25, 0.3) is 0 Å². The molecule has 0 aliphatic heterocycles. The molecule has 2 aromatic carbocycles. The summed E-state index contributed by atoms with van der Waals surface area (Å²) in [5.74, 6) is -0.559. The molecule has 6 heteroatoms. The number of nitrogens with zero attached hydrogens (tertiary/aromatic N) is 1. The second-order valence-corrected chi connectivity index (χ2v) is 7.89. The molecule has 0 heterocycles. The molecule has 0 radical (unpaired) electrons. The molecule has 0 atom stereocenters. The SMILES string of the molecule is CC(=O)N(CC(=O)Nc1ccc(C(C)(C)C)cc1)c1ccc(Cl)c(Cl)c1. The van der Waals surface area contributed by atoms with Crippen molar-refractivity contribution in [1.82, 2.24) is 0 Å². The van der Waals surface area contributed by atoms with Gasteiger partial charge in [0, 0.05) is 18.3 Å². The number of carbonyl (C=O) groups excluding carboxylic acids is 2. The molecule has 2 amide bonds. The Hall–Kier alpha value is -2.04. The molecule has 0 saturated heterocycles. The van der Waals surface area contributed by atoms with Crippen LogP contribution < -0.4 is 10.2 Å². The van der Waals surface area contributed by atoms with E-state index in [1.165, 1.54) is 17.4 Å². The minimum atomic E-state index is -0.296. The predicted octanol–water partition coefficient (Wildman–Crippen LogP) is 5.28. The van der Waals surface area contributed by atoms with E-state index in [4.69, 9.17) is 23.2 Å². The number of rotatable bonds is 4. The van der Waals surface area contributed by atoms with Gasteiger partial charge in [0.2, 0.25) is 11.8 Å². The van der Waals surface area contributed by atoms with Gasteiger partial charge in [0.1, 0.15) is 6.54 Å². The van der Waals surface area contributed by atoms with Gasteiger partial charge in [0.25, 0.3) is 0 Å². The molecule has 1 N–H and O–H groups in total. The number of anilines is 2. The standard InChI is InChI=1S/C20H22Cl2N2O2/c1-13(25)24(16-9-10-17(21)18(22)11-16)12-19(26)23-15-7-5-14(6-8-15)20(2,3)4/h5-11H,12H2,1-4H3,(H,23,26). The molecule has 0 spiro atoms. The van der Waals surface area contributed by atoms with Crippen molar-refractivity contribution in [2.45, 2.75) is 33.1 Å². The fourth-order valence-electron chi connectivity index (χ4n) is 2.44. The van der Waals surface area contributed by atoms with E-state index in [-0.39, 0.29) is 23.8 Å². The first-order valence-corrected chi connectivity index (χ1v) is 8.97. The maximum atomic E-state index is 12.4. The van der Waals surface area contributed by atoms with E-state index >= 15 is 0 Å². The predicted molar refractivity (Wildman–Crippen MR) is 108 cm³/mol. The third kappa shape index (κ3) is 5.23. The first kappa shape index (κ1) is 20.3. The maximum absolute atomic E-state index is 12.4. The number of carbonyl (C=O) groups is 2. The second kappa shape index (κ2) is 8.11. The number of halogens is 2. The van der Waals surface area contributed by atoms with E-state index in [1.807, 2.05) is 24.3 Å². The van der Waals surface area contributed by atoms with Gasteiger partial charge in [-0.3, -0.25) is 9.59 Å². The third-order valence-corrected chi connectivity index (χ3v) is 4.67. The summed E-state index contributed by atoms with van der Waals surface area (Å²) < 4.78 is 0. The lowest BCUT2D eigenvalue weighted by Gasteiger charge is -2.22. The van der Waals surface area contributed by atoms with Crippen LogP contribution in [0, 0.1) is 0 Å². The van der Waals surface area contributed by atoms with Crippen molar-refractivity contribution in [3.8, 4) is 0 Å². The fourth-order valence-corrected chi connectivity index (χ4v) is 2.73. The lowest BCUT2D eigenvalue weighted by molar-refractivity contribution is -0.120. The van der Waals surface area contributed by atoms with Crippen LogP contribution in [0.5, 0.6) is 0 Å². The van der Waals surface area contributed by atoms with Crippen LogP contribution in [0.2, 0.25) is 10.0 Å². The van der Waals surface area contributed by atoms with Gasteiger partial charge in [-0.1, -0.05) is 56.1 Å². The molecule has 4 nitrogen and oxygen atoms in total. The van der Waals surface area contributed by atoms with E-state index in [2.05, 4.69) is 26.1 Å². The van der Waals surface area contributed by atoms with Gasteiger partial charge in [0.15, 0.2) is 0 Å². The largest absolute Gasteiger partial charge is 0.325 e. The lowest BCUT2D eigenvalue weighted by Crippen LogP contribution is -2.36. The van der Waals surface area contributed by atoms with Crippen molar-refractivity contribution in [2.24, 2.45) is 0 Å². The van der Waals surface area contributed by atoms with Crippen molar-refractivity contribution in [3.05, 3.63) is 58.1 Å². The number of amides is 2. The molecular formula is C20H22Cl2N2O2. The van der Waals surface area contributed by atoms with Gasteiger partial charge in [-0.05, 0) is 41.3 Å². The monoisotopic (exact) mass is 392 g/mol. The molecule has 0 aliphatic carbocycles. The summed E-state index contributed by atoms with van der Waals surface area (Å²) in [6.45, 7) is 7.66. The molecule has 26 heavy (non-hydrogen) atoms. The van der Waals surface area contributed by atoms with E-state index in [0.717, 1.165) is 0 Å². The van der Waals surface area contributed by atoms with Crippen molar-refractivity contribution in [2.75, 3.05) is 16.8 Å². The number of hydrogen-bond donors (Lipinski definition) is 1. The summed E-state index contributed by atoms with van der Waals surface area (Å²) >= 11 is 11.9. The van der Waals surface area contributed by atoms with E-state index in [9.17, 15) is 9.59 Å². The summed E-state index contributed by atoms with van der Waals surface area (Å²) in [7, 11) is 0. The Kier molecular flexibility index (Phi) is 6.32. The molecule has 0 aliphatic rings. The van der Waals surface area contributed by atoms with Crippen molar-refractivity contribution < 1.29 is 9.59 Å². The first-order chi connectivity index (χ1) is 12.1. The topological polar surface area (TPSA) is 49.4 Å². The number of benzene rings is 2. The van der Waals surface area contributed by atoms with Crippen LogP contribution in [-0.4, -0.2) is 18.4 Å². The summed E-state index contributed by atoms with van der Waals surface area (Å²) in [4.78, 5) is 25.7. The first-order valence-electron chi connectivity index (χ1n) is 8.21. The number of hydrogen-bond acceptors (Lipinski definition) is 2. The summed E-state index contributed by atoms with van der Waals surface area (Å²) in [6, 6.07) is 12.5. The van der Waals surface area contributed by atoms with E-state index in [0.29, 0.717) is 21.4 Å². The van der Waals surface area contributed by atoms with Crippen molar-refractivity contribution in [3.63, 3.8) is 0 Å². The van der Waals surface area contributed by atoms with Crippen LogP contribution in [0.15, 0.2) is 42.5 Å². The highest BCUT2D eigenvalue weighted by Crippen LogP contribution is 2.27. The Labute approximate surface area is 164 Å². The smallest absolute Gasteiger partial charge is 0.244 e. The highest BCUT2D eigenvalue weighted by molar-refractivity contribution is 6.42.